The molecule has 3 heterocycles. The second-order valence-corrected chi connectivity index (χ2v) is 7.73. The fraction of sp³-hybridized carbons (Fsp3) is 0.217. The Kier molecular flexibility index (Phi) is 4.54. The lowest BCUT2D eigenvalue weighted by Crippen LogP contribution is -2.16. The molecular weight excluding hydrogens is 396 g/mol. The van der Waals surface area contributed by atoms with E-state index in [4.69, 9.17) is 8.94 Å². The first-order chi connectivity index (χ1) is 15.0. The molecule has 1 saturated carbocycles. The molecule has 2 amide bonds. The van der Waals surface area contributed by atoms with Crippen LogP contribution in [0.5, 0.6) is 0 Å². The number of aryl methyl sites for hydroxylation is 2. The summed E-state index contributed by atoms with van der Waals surface area (Å²) in [5, 5.41) is 10.4. The SMILES string of the molecule is Cc1ccc(NC(=O)C2CC2)cc1NC(=O)c1cc(-c2ccco2)nc2onc(C)c12. The molecule has 156 valence electrons. The Hall–Kier alpha value is -3.94. The van der Waals surface area contributed by atoms with Gasteiger partial charge in [0.1, 0.15) is 5.69 Å². The maximum Gasteiger partial charge on any atom is 0.259 e. The molecule has 1 aliphatic rings. The highest BCUT2D eigenvalue weighted by molar-refractivity contribution is 6.13. The standard InChI is InChI=1S/C23H20N4O4/c1-12-5-8-15(24-21(28)14-6-7-14)10-17(12)25-22(29)16-11-18(19-4-3-9-30-19)26-23-20(16)13(2)27-31-23/h3-5,8-11,14H,6-7H2,1-2H3,(H,24,28)(H,25,29). The van der Waals surface area contributed by atoms with Crippen LogP contribution in [0.1, 0.15) is 34.5 Å². The van der Waals surface area contributed by atoms with Gasteiger partial charge in [-0.3, -0.25) is 9.59 Å². The van der Waals surface area contributed by atoms with E-state index in [1.54, 1.807) is 31.2 Å². The van der Waals surface area contributed by atoms with Crippen LogP contribution >= 0.6 is 0 Å². The zero-order chi connectivity index (χ0) is 21.5. The van der Waals surface area contributed by atoms with Gasteiger partial charge in [0, 0.05) is 17.3 Å². The van der Waals surface area contributed by atoms with E-state index in [9.17, 15) is 9.59 Å². The third-order valence-corrected chi connectivity index (χ3v) is 5.34. The molecule has 0 atom stereocenters. The van der Waals surface area contributed by atoms with Crippen LogP contribution < -0.4 is 10.6 Å². The van der Waals surface area contributed by atoms with Crippen LogP contribution in [0, 0.1) is 19.8 Å². The molecule has 31 heavy (non-hydrogen) atoms. The van der Waals surface area contributed by atoms with Gasteiger partial charge >= 0.3 is 0 Å². The fourth-order valence-electron chi connectivity index (χ4n) is 3.44. The van der Waals surface area contributed by atoms with Gasteiger partial charge in [0.2, 0.25) is 5.91 Å². The molecule has 0 aliphatic heterocycles. The van der Waals surface area contributed by atoms with Crippen LogP contribution in [0.25, 0.3) is 22.6 Å². The van der Waals surface area contributed by atoms with Crippen molar-refractivity contribution in [1.82, 2.24) is 10.1 Å². The van der Waals surface area contributed by atoms with Crippen molar-refractivity contribution < 1.29 is 18.5 Å². The average Bonchev–Trinajstić information content (AvgIpc) is 3.34. The molecule has 0 bridgehead atoms. The molecule has 8 nitrogen and oxygen atoms in total. The van der Waals surface area contributed by atoms with Crippen LogP contribution in [0.15, 0.2) is 51.6 Å². The first-order valence-corrected chi connectivity index (χ1v) is 10.0. The summed E-state index contributed by atoms with van der Waals surface area (Å²) in [5.41, 5.74) is 3.81. The van der Waals surface area contributed by atoms with Crippen LogP contribution in [0.2, 0.25) is 0 Å². The summed E-state index contributed by atoms with van der Waals surface area (Å²) >= 11 is 0. The summed E-state index contributed by atoms with van der Waals surface area (Å²) in [6, 6.07) is 10.6. The molecular formula is C23H20N4O4. The molecule has 0 saturated heterocycles. The molecule has 5 rings (SSSR count). The zero-order valence-corrected chi connectivity index (χ0v) is 17.1. The topological polar surface area (TPSA) is 110 Å². The highest BCUT2D eigenvalue weighted by Crippen LogP contribution is 2.31. The van der Waals surface area contributed by atoms with Crippen molar-refractivity contribution in [2.75, 3.05) is 10.6 Å². The Morgan fingerprint density at radius 3 is 2.68 bits per heavy atom. The van der Waals surface area contributed by atoms with Crippen LogP contribution in [0.4, 0.5) is 11.4 Å². The number of hydrogen-bond acceptors (Lipinski definition) is 6. The van der Waals surface area contributed by atoms with Crippen LogP contribution in [-0.4, -0.2) is 22.0 Å². The minimum atomic E-state index is -0.333. The van der Waals surface area contributed by atoms with Gasteiger partial charge < -0.3 is 19.6 Å². The molecule has 8 heteroatoms. The van der Waals surface area contributed by atoms with E-state index in [-0.39, 0.29) is 23.4 Å². The summed E-state index contributed by atoms with van der Waals surface area (Å²) < 4.78 is 10.7. The number of nitrogens with zero attached hydrogens (tertiary/aromatic N) is 2. The molecule has 2 N–H and O–H groups in total. The third-order valence-electron chi connectivity index (χ3n) is 5.34. The van der Waals surface area contributed by atoms with Crippen molar-refractivity contribution >= 4 is 34.3 Å². The number of hydrogen-bond donors (Lipinski definition) is 2. The minimum absolute atomic E-state index is 0.0140. The zero-order valence-electron chi connectivity index (χ0n) is 17.1. The lowest BCUT2D eigenvalue weighted by atomic mass is 10.1. The molecule has 1 aromatic carbocycles. The Morgan fingerprint density at radius 1 is 1.10 bits per heavy atom. The van der Waals surface area contributed by atoms with E-state index >= 15 is 0 Å². The molecule has 1 aliphatic carbocycles. The van der Waals surface area contributed by atoms with Gasteiger partial charge in [-0.25, -0.2) is 4.98 Å². The van der Waals surface area contributed by atoms with E-state index in [1.165, 1.54) is 6.26 Å². The number of furan rings is 1. The number of fused-ring (bicyclic) bond motifs is 1. The first kappa shape index (κ1) is 19.0. The van der Waals surface area contributed by atoms with Crippen molar-refractivity contribution in [1.29, 1.82) is 0 Å². The number of benzene rings is 1. The van der Waals surface area contributed by atoms with Gasteiger partial charge in [-0.05, 0) is 62.6 Å². The number of nitrogens with one attached hydrogen (secondary N) is 2. The predicted octanol–water partition coefficient (Wildman–Crippen LogP) is 4.70. The number of aromatic nitrogens is 2. The van der Waals surface area contributed by atoms with Gasteiger partial charge in [-0.2, -0.15) is 0 Å². The van der Waals surface area contributed by atoms with Crippen molar-refractivity contribution in [3.63, 3.8) is 0 Å². The minimum Gasteiger partial charge on any atom is -0.463 e. The normalized spacial score (nSPS) is 13.4. The molecule has 1 fully saturated rings. The van der Waals surface area contributed by atoms with Crippen molar-refractivity contribution in [2.24, 2.45) is 5.92 Å². The van der Waals surface area contributed by atoms with Crippen molar-refractivity contribution in [3.05, 3.63) is 59.5 Å². The van der Waals surface area contributed by atoms with Crippen molar-refractivity contribution in [2.45, 2.75) is 26.7 Å². The van der Waals surface area contributed by atoms with Gasteiger partial charge in [0.25, 0.3) is 11.6 Å². The lowest BCUT2D eigenvalue weighted by Gasteiger charge is -2.12. The number of carbonyl (C=O) groups excluding carboxylic acids is 2. The highest BCUT2D eigenvalue weighted by Gasteiger charge is 2.29. The Bertz CT molecular complexity index is 1300. The van der Waals surface area contributed by atoms with Gasteiger partial charge in [0.15, 0.2) is 5.76 Å². The summed E-state index contributed by atoms with van der Waals surface area (Å²) in [4.78, 5) is 29.8. The van der Waals surface area contributed by atoms with E-state index in [2.05, 4.69) is 20.8 Å². The maximum absolute atomic E-state index is 13.3. The van der Waals surface area contributed by atoms with Crippen molar-refractivity contribution in [3.8, 4) is 11.5 Å². The molecule has 0 unspecified atom stereocenters. The predicted molar refractivity (Wildman–Crippen MR) is 115 cm³/mol. The fourth-order valence-corrected chi connectivity index (χ4v) is 3.44. The number of carbonyl (C=O) groups is 2. The number of rotatable bonds is 5. The summed E-state index contributed by atoms with van der Waals surface area (Å²) in [7, 11) is 0. The molecule has 4 aromatic rings. The first-order valence-electron chi connectivity index (χ1n) is 10.0. The number of anilines is 2. The molecule has 0 radical (unpaired) electrons. The summed E-state index contributed by atoms with van der Waals surface area (Å²) in [6.45, 7) is 3.65. The summed E-state index contributed by atoms with van der Waals surface area (Å²) in [5.74, 6) is 0.299. The van der Waals surface area contributed by atoms with E-state index in [0.29, 0.717) is 39.5 Å². The second-order valence-electron chi connectivity index (χ2n) is 7.73. The lowest BCUT2D eigenvalue weighted by molar-refractivity contribution is -0.117. The average molecular weight is 416 g/mol. The van der Waals surface area contributed by atoms with E-state index < -0.39 is 0 Å². The smallest absolute Gasteiger partial charge is 0.259 e. The summed E-state index contributed by atoms with van der Waals surface area (Å²) in [6.07, 6.45) is 3.39. The Morgan fingerprint density at radius 2 is 1.94 bits per heavy atom. The Labute approximate surface area is 177 Å². The Balaban J connectivity index is 1.49. The van der Waals surface area contributed by atoms with Gasteiger partial charge in [-0.1, -0.05) is 11.2 Å². The van der Waals surface area contributed by atoms with Crippen LogP contribution in [0.3, 0.4) is 0 Å². The van der Waals surface area contributed by atoms with E-state index in [0.717, 1.165) is 18.4 Å². The third kappa shape index (κ3) is 3.68. The number of amides is 2. The highest BCUT2D eigenvalue weighted by atomic mass is 16.5. The van der Waals surface area contributed by atoms with Gasteiger partial charge in [0.05, 0.1) is 22.9 Å². The largest absolute Gasteiger partial charge is 0.463 e. The maximum atomic E-state index is 13.3. The molecule has 3 aromatic heterocycles. The quantitative estimate of drug-likeness (QED) is 0.488. The molecule has 0 spiro atoms. The van der Waals surface area contributed by atoms with Gasteiger partial charge in [-0.15, -0.1) is 0 Å². The van der Waals surface area contributed by atoms with Crippen LogP contribution in [-0.2, 0) is 4.79 Å². The second kappa shape index (κ2) is 7.39. The number of pyridine rings is 1. The monoisotopic (exact) mass is 416 g/mol. The van der Waals surface area contributed by atoms with E-state index in [1.807, 2.05) is 19.1 Å².